The number of hydrogen-bond donors (Lipinski definition) is 2. The summed E-state index contributed by atoms with van der Waals surface area (Å²) in [5.41, 5.74) is 0. The first-order valence-corrected chi connectivity index (χ1v) is 4.78. The van der Waals surface area contributed by atoms with E-state index in [1.807, 2.05) is 0 Å². The van der Waals surface area contributed by atoms with E-state index in [9.17, 15) is 4.79 Å². The van der Waals surface area contributed by atoms with Crippen molar-refractivity contribution in [3.8, 4) is 0 Å². The standard InChI is InChI=1S/C9H17NO4/c1-13-6-10-8(9(11)12)7-3-2-4-14-5-7/h7-8,10H,2-6H2,1H3,(H,11,12)/t7-,8-/m0/s1. The van der Waals surface area contributed by atoms with Crippen molar-refractivity contribution in [3.63, 3.8) is 0 Å². The van der Waals surface area contributed by atoms with Crippen molar-refractivity contribution in [2.24, 2.45) is 5.92 Å². The number of carboxylic acid groups (broad SMARTS) is 1. The van der Waals surface area contributed by atoms with E-state index in [-0.39, 0.29) is 12.6 Å². The summed E-state index contributed by atoms with van der Waals surface area (Å²) in [4.78, 5) is 10.9. The molecule has 1 heterocycles. The molecule has 0 aromatic carbocycles. The molecule has 0 aliphatic carbocycles. The molecule has 1 saturated heterocycles. The van der Waals surface area contributed by atoms with Crippen molar-refractivity contribution >= 4 is 5.97 Å². The molecule has 5 heteroatoms. The maximum absolute atomic E-state index is 10.9. The largest absolute Gasteiger partial charge is 0.480 e. The second kappa shape index (κ2) is 5.95. The minimum Gasteiger partial charge on any atom is -0.480 e. The van der Waals surface area contributed by atoms with Crippen LogP contribution in [0.25, 0.3) is 0 Å². The summed E-state index contributed by atoms with van der Waals surface area (Å²) in [7, 11) is 1.53. The van der Waals surface area contributed by atoms with Crippen LogP contribution in [-0.4, -0.2) is 44.2 Å². The molecule has 0 radical (unpaired) electrons. The van der Waals surface area contributed by atoms with Gasteiger partial charge in [-0.1, -0.05) is 0 Å². The van der Waals surface area contributed by atoms with Gasteiger partial charge in [-0.15, -0.1) is 0 Å². The maximum Gasteiger partial charge on any atom is 0.321 e. The van der Waals surface area contributed by atoms with Gasteiger partial charge in [0, 0.05) is 19.6 Å². The highest BCUT2D eigenvalue weighted by molar-refractivity contribution is 5.73. The second-order valence-corrected chi connectivity index (χ2v) is 3.43. The van der Waals surface area contributed by atoms with Crippen molar-refractivity contribution in [2.45, 2.75) is 18.9 Å². The van der Waals surface area contributed by atoms with Crippen LogP contribution >= 0.6 is 0 Å². The van der Waals surface area contributed by atoms with E-state index in [0.29, 0.717) is 6.61 Å². The number of nitrogens with one attached hydrogen (secondary N) is 1. The van der Waals surface area contributed by atoms with Crippen LogP contribution in [0, 0.1) is 5.92 Å². The molecule has 1 fully saturated rings. The number of carboxylic acids is 1. The Morgan fingerprint density at radius 2 is 2.57 bits per heavy atom. The average Bonchev–Trinajstić information content (AvgIpc) is 2.19. The summed E-state index contributed by atoms with van der Waals surface area (Å²) in [6.45, 7) is 1.52. The number of rotatable bonds is 5. The van der Waals surface area contributed by atoms with Gasteiger partial charge in [0.15, 0.2) is 0 Å². The molecule has 1 aliphatic rings. The molecule has 0 amide bonds. The molecule has 0 bridgehead atoms. The van der Waals surface area contributed by atoms with E-state index in [2.05, 4.69) is 5.32 Å². The van der Waals surface area contributed by atoms with Crippen LogP contribution in [0.1, 0.15) is 12.8 Å². The number of aliphatic carboxylic acids is 1. The minimum atomic E-state index is -0.836. The van der Waals surface area contributed by atoms with Crippen LogP contribution in [0.5, 0.6) is 0 Å². The fraction of sp³-hybridized carbons (Fsp3) is 0.889. The SMILES string of the molecule is COCN[C@H](C(=O)O)[C@H]1CCCOC1. The van der Waals surface area contributed by atoms with Crippen molar-refractivity contribution in [1.82, 2.24) is 5.32 Å². The van der Waals surface area contributed by atoms with Gasteiger partial charge in [0.05, 0.1) is 13.3 Å². The molecule has 0 spiro atoms. The molecule has 5 nitrogen and oxygen atoms in total. The van der Waals surface area contributed by atoms with Gasteiger partial charge in [-0.3, -0.25) is 10.1 Å². The van der Waals surface area contributed by atoms with Crippen LogP contribution in [-0.2, 0) is 14.3 Å². The first-order valence-electron chi connectivity index (χ1n) is 4.78. The first-order chi connectivity index (χ1) is 6.75. The molecule has 1 rings (SSSR count). The van der Waals surface area contributed by atoms with Crippen LogP contribution in [0.4, 0.5) is 0 Å². The van der Waals surface area contributed by atoms with Gasteiger partial charge in [-0.25, -0.2) is 0 Å². The summed E-state index contributed by atoms with van der Waals surface area (Å²) in [6.07, 6.45) is 1.83. The Morgan fingerprint density at radius 3 is 3.07 bits per heavy atom. The van der Waals surface area contributed by atoms with E-state index in [1.165, 1.54) is 7.11 Å². The summed E-state index contributed by atoms with van der Waals surface area (Å²) in [5, 5.41) is 11.8. The van der Waals surface area contributed by atoms with Gasteiger partial charge >= 0.3 is 5.97 Å². The van der Waals surface area contributed by atoms with Crippen LogP contribution in [0.2, 0.25) is 0 Å². The summed E-state index contributed by atoms with van der Waals surface area (Å²) in [5.74, 6) is -0.783. The van der Waals surface area contributed by atoms with Gasteiger partial charge in [0.2, 0.25) is 0 Å². The molecular weight excluding hydrogens is 186 g/mol. The maximum atomic E-state index is 10.9. The first kappa shape index (κ1) is 11.4. The van der Waals surface area contributed by atoms with Crippen LogP contribution < -0.4 is 5.32 Å². The molecule has 0 saturated carbocycles. The van der Waals surface area contributed by atoms with Gasteiger partial charge < -0.3 is 14.6 Å². The van der Waals surface area contributed by atoms with Crippen molar-refractivity contribution in [1.29, 1.82) is 0 Å². The van der Waals surface area contributed by atoms with Gasteiger partial charge in [-0.05, 0) is 12.8 Å². The van der Waals surface area contributed by atoms with E-state index < -0.39 is 12.0 Å². The summed E-state index contributed by atoms with van der Waals surface area (Å²) < 4.78 is 10.0. The lowest BCUT2D eigenvalue weighted by atomic mass is 9.94. The number of carbonyl (C=O) groups is 1. The minimum absolute atomic E-state index is 0.0522. The highest BCUT2D eigenvalue weighted by Gasteiger charge is 2.29. The number of hydrogen-bond acceptors (Lipinski definition) is 4. The molecule has 0 unspecified atom stereocenters. The Hall–Kier alpha value is -0.650. The van der Waals surface area contributed by atoms with Crippen LogP contribution in [0.15, 0.2) is 0 Å². The predicted molar refractivity (Wildman–Crippen MR) is 50.0 cm³/mol. The molecule has 14 heavy (non-hydrogen) atoms. The molecule has 0 aromatic heterocycles. The van der Waals surface area contributed by atoms with Gasteiger partial charge in [0.1, 0.15) is 6.04 Å². The molecule has 2 atom stereocenters. The molecular formula is C9H17NO4. The zero-order valence-corrected chi connectivity index (χ0v) is 8.36. The monoisotopic (exact) mass is 203 g/mol. The number of methoxy groups -OCH3 is 1. The highest BCUT2D eigenvalue weighted by atomic mass is 16.5. The van der Waals surface area contributed by atoms with Crippen molar-refractivity contribution in [3.05, 3.63) is 0 Å². The average molecular weight is 203 g/mol. The van der Waals surface area contributed by atoms with Crippen molar-refractivity contribution in [2.75, 3.05) is 27.1 Å². The third kappa shape index (κ3) is 3.25. The summed E-state index contributed by atoms with van der Waals surface area (Å²) >= 11 is 0. The van der Waals surface area contributed by atoms with E-state index in [1.54, 1.807) is 0 Å². The van der Waals surface area contributed by atoms with E-state index in [0.717, 1.165) is 19.4 Å². The third-order valence-electron chi connectivity index (χ3n) is 2.38. The second-order valence-electron chi connectivity index (χ2n) is 3.43. The smallest absolute Gasteiger partial charge is 0.321 e. The molecule has 2 N–H and O–H groups in total. The quantitative estimate of drug-likeness (QED) is 0.618. The van der Waals surface area contributed by atoms with E-state index >= 15 is 0 Å². The third-order valence-corrected chi connectivity index (χ3v) is 2.38. The predicted octanol–water partition coefficient (Wildman–Crippen LogP) is 0.0597. The lowest BCUT2D eigenvalue weighted by Gasteiger charge is -2.27. The molecule has 1 aliphatic heterocycles. The Bertz CT molecular complexity index is 180. The van der Waals surface area contributed by atoms with Gasteiger partial charge in [-0.2, -0.15) is 0 Å². The zero-order chi connectivity index (χ0) is 10.4. The molecule has 82 valence electrons. The Balaban J connectivity index is 2.43. The zero-order valence-electron chi connectivity index (χ0n) is 8.36. The molecule has 0 aromatic rings. The lowest BCUT2D eigenvalue weighted by molar-refractivity contribution is -0.143. The Morgan fingerprint density at radius 1 is 1.79 bits per heavy atom. The van der Waals surface area contributed by atoms with Gasteiger partial charge in [0.25, 0.3) is 0 Å². The topological polar surface area (TPSA) is 67.8 Å². The number of ether oxygens (including phenoxy) is 2. The highest BCUT2D eigenvalue weighted by Crippen LogP contribution is 2.17. The normalized spacial score (nSPS) is 24.5. The lowest BCUT2D eigenvalue weighted by Crippen LogP contribution is -2.46. The van der Waals surface area contributed by atoms with Crippen molar-refractivity contribution < 1.29 is 19.4 Å². The fourth-order valence-corrected chi connectivity index (χ4v) is 1.66. The fourth-order valence-electron chi connectivity index (χ4n) is 1.66. The summed E-state index contributed by atoms with van der Waals surface area (Å²) in [6, 6.07) is -0.560. The Kier molecular flexibility index (Phi) is 4.86. The van der Waals surface area contributed by atoms with E-state index in [4.69, 9.17) is 14.6 Å². The Labute approximate surface area is 83.4 Å². The van der Waals surface area contributed by atoms with Crippen LogP contribution in [0.3, 0.4) is 0 Å².